The van der Waals surface area contributed by atoms with Crippen molar-refractivity contribution in [3.8, 4) is 5.75 Å². The molecule has 0 bridgehead atoms. The van der Waals surface area contributed by atoms with Crippen molar-refractivity contribution < 1.29 is 17.9 Å². The Bertz CT molecular complexity index is 720. The molecule has 0 radical (unpaired) electrons. The molecule has 22 heavy (non-hydrogen) atoms. The summed E-state index contributed by atoms with van der Waals surface area (Å²) in [5.41, 5.74) is 1.03. The molecule has 0 amide bonds. The van der Waals surface area contributed by atoms with E-state index in [0.717, 1.165) is 13.1 Å². The van der Waals surface area contributed by atoms with Gasteiger partial charge in [-0.3, -0.25) is 0 Å². The maximum Gasteiger partial charge on any atom is 0.573 e. The third-order valence-corrected chi connectivity index (χ3v) is 4.59. The van der Waals surface area contributed by atoms with Crippen molar-refractivity contribution in [3.63, 3.8) is 0 Å². The molecule has 2 fully saturated rings. The lowest BCUT2D eigenvalue weighted by molar-refractivity contribution is -0.274. The quantitative estimate of drug-likeness (QED) is 0.851. The zero-order valence-electron chi connectivity index (χ0n) is 11.7. The molecule has 2 heterocycles. The highest BCUT2D eigenvalue weighted by Crippen LogP contribution is 2.49. The van der Waals surface area contributed by atoms with Gasteiger partial charge in [-0.15, -0.1) is 13.2 Å². The number of ether oxygens (including phenoxy) is 1. The van der Waals surface area contributed by atoms with Gasteiger partial charge in [0.15, 0.2) is 0 Å². The van der Waals surface area contributed by atoms with Gasteiger partial charge in [-0.25, -0.2) is 9.97 Å². The fourth-order valence-electron chi connectivity index (χ4n) is 3.38. The number of nitrogens with zero attached hydrogens (tertiary/aromatic N) is 3. The molecule has 1 saturated heterocycles. The standard InChI is InChI=1S/C15H14F3N3O/c16-15(17,18)22-10-2-3-12-11(6-10)13(20-9-19-12)21-7-14(8-21)4-1-5-14/h2-3,6,9H,1,4-5,7-8H2. The van der Waals surface area contributed by atoms with Crippen molar-refractivity contribution in [3.05, 3.63) is 24.5 Å². The second kappa shape index (κ2) is 4.47. The number of rotatable bonds is 2. The van der Waals surface area contributed by atoms with Crippen LogP contribution in [0, 0.1) is 5.41 Å². The number of aromatic nitrogens is 2. The molecule has 1 saturated carbocycles. The minimum Gasteiger partial charge on any atom is -0.406 e. The Morgan fingerprint density at radius 3 is 2.55 bits per heavy atom. The highest BCUT2D eigenvalue weighted by molar-refractivity contribution is 5.90. The van der Waals surface area contributed by atoms with Gasteiger partial charge in [0, 0.05) is 23.9 Å². The van der Waals surface area contributed by atoms with Crippen molar-refractivity contribution in [1.82, 2.24) is 9.97 Å². The third kappa shape index (κ3) is 2.24. The largest absolute Gasteiger partial charge is 0.573 e. The summed E-state index contributed by atoms with van der Waals surface area (Å²) in [5.74, 6) is 0.449. The summed E-state index contributed by atoms with van der Waals surface area (Å²) in [6.45, 7) is 1.84. The van der Waals surface area contributed by atoms with Crippen LogP contribution in [-0.2, 0) is 0 Å². The zero-order chi connectivity index (χ0) is 15.4. The first-order valence-corrected chi connectivity index (χ1v) is 7.20. The van der Waals surface area contributed by atoms with Gasteiger partial charge in [0.25, 0.3) is 0 Å². The van der Waals surface area contributed by atoms with Crippen molar-refractivity contribution in [2.45, 2.75) is 25.6 Å². The molecule has 2 aliphatic rings. The van der Waals surface area contributed by atoms with Crippen LogP contribution in [0.15, 0.2) is 24.5 Å². The molecule has 0 atom stereocenters. The van der Waals surface area contributed by atoms with E-state index >= 15 is 0 Å². The van der Waals surface area contributed by atoms with Crippen LogP contribution in [0.25, 0.3) is 10.9 Å². The Kier molecular flexibility index (Phi) is 2.76. The monoisotopic (exact) mass is 309 g/mol. The van der Waals surface area contributed by atoms with E-state index < -0.39 is 6.36 Å². The van der Waals surface area contributed by atoms with Gasteiger partial charge in [-0.2, -0.15) is 0 Å². The van der Waals surface area contributed by atoms with Gasteiger partial charge in [0.05, 0.1) is 5.52 Å². The minimum atomic E-state index is -4.70. The number of hydrogen-bond acceptors (Lipinski definition) is 4. The molecule has 1 aromatic carbocycles. The first-order chi connectivity index (χ1) is 10.4. The highest BCUT2D eigenvalue weighted by Gasteiger charge is 2.48. The van der Waals surface area contributed by atoms with Crippen molar-refractivity contribution >= 4 is 16.7 Å². The Hall–Kier alpha value is -2.05. The van der Waals surface area contributed by atoms with Crippen molar-refractivity contribution in [1.29, 1.82) is 0 Å². The van der Waals surface area contributed by atoms with E-state index in [2.05, 4.69) is 19.6 Å². The minimum absolute atomic E-state index is 0.241. The summed E-state index contributed by atoms with van der Waals surface area (Å²) < 4.78 is 41.1. The van der Waals surface area contributed by atoms with Gasteiger partial charge in [-0.1, -0.05) is 6.42 Å². The lowest BCUT2D eigenvalue weighted by Crippen LogP contribution is -2.60. The Morgan fingerprint density at radius 1 is 1.14 bits per heavy atom. The van der Waals surface area contributed by atoms with E-state index in [1.54, 1.807) is 0 Å². The van der Waals surface area contributed by atoms with Gasteiger partial charge < -0.3 is 9.64 Å². The molecule has 0 N–H and O–H groups in total. The van der Waals surface area contributed by atoms with E-state index in [-0.39, 0.29) is 5.75 Å². The normalized spacial score (nSPS) is 19.9. The van der Waals surface area contributed by atoms with E-state index in [1.165, 1.54) is 43.8 Å². The molecule has 1 aliphatic carbocycles. The number of hydrogen-bond donors (Lipinski definition) is 0. The number of anilines is 1. The van der Waals surface area contributed by atoms with Crippen LogP contribution in [0.2, 0.25) is 0 Å². The maximum absolute atomic E-state index is 12.4. The molecule has 0 unspecified atom stereocenters. The fourth-order valence-corrected chi connectivity index (χ4v) is 3.38. The van der Waals surface area contributed by atoms with Crippen molar-refractivity contribution in [2.75, 3.05) is 18.0 Å². The average Bonchev–Trinajstić information content (AvgIpc) is 2.34. The predicted octanol–water partition coefficient (Wildman–Crippen LogP) is 3.52. The van der Waals surface area contributed by atoms with Gasteiger partial charge >= 0.3 is 6.36 Å². The van der Waals surface area contributed by atoms with Crippen LogP contribution in [0.4, 0.5) is 19.0 Å². The van der Waals surface area contributed by atoms with Crippen LogP contribution in [0.3, 0.4) is 0 Å². The van der Waals surface area contributed by atoms with E-state index in [9.17, 15) is 13.2 Å². The van der Waals surface area contributed by atoms with Crippen molar-refractivity contribution in [2.24, 2.45) is 5.41 Å². The lowest BCUT2D eigenvalue weighted by atomic mass is 9.63. The lowest BCUT2D eigenvalue weighted by Gasteiger charge is -2.56. The summed E-state index contributed by atoms with van der Waals surface area (Å²) in [5, 5.41) is 0.596. The molecular formula is C15H14F3N3O. The first kappa shape index (κ1) is 13.6. The molecule has 4 rings (SSSR count). The van der Waals surface area contributed by atoms with Crippen LogP contribution >= 0.6 is 0 Å². The maximum atomic E-state index is 12.4. The highest BCUT2D eigenvalue weighted by atomic mass is 19.4. The number of halogens is 3. The Balaban J connectivity index is 1.67. The molecular weight excluding hydrogens is 295 g/mol. The van der Waals surface area contributed by atoms with E-state index in [4.69, 9.17) is 0 Å². The summed E-state index contributed by atoms with van der Waals surface area (Å²) in [7, 11) is 0. The molecule has 2 aromatic rings. The zero-order valence-corrected chi connectivity index (χ0v) is 11.7. The SMILES string of the molecule is FC(F)(F)Oc1ccc2ncnc(N3CC4(CCC4)C3)c2c1. The second-order valence-electron chi connectivity index (χ2n) is 6.13. The molecule has 4 nitrogen and oxygen atoms in total. The third-order valence-electron chi connectivity index (χ3n) is 4.59. The first-order valence-electron chi connectivity index (χ1n) is 7.20. The van der Waals surface area contributed by atoms with Gasteiger partial charge in [0.2, 0.25) is 0 Å². The van der Waals surface area contributed by atoms with Gasteiger partial charge in [0.1, 0.15) is 17.9 Å². The van der Waals surface area contributed by atoms with Crippen LogP contribution < -0.4 is 9.64 Å². The summed E-state index contributed by atoms with van der Waals surface area (Å²) in [6.07, 6.45) is 0.482. The topological polar surface area (TPSA) is 38.3 Å². The number of benzene rings is 1. The van der Waals surface area contributed by atoms with Crippen LogP contribution in [0.5, 0.6) is 5.75 Å². The predicted molar refractivity (Wildman–Crippen MR) is 74.7 cm³/mol. The summed E-state index contributed by atoms with van der Waals surface area (Å²) >= 11 is 0. The Labute approximate surface area is 124 Å². The van der Waals surface area contributed by atoms with E-state index in [0.29, 0.717) is 22.1 Å². The van der Waals surface area contributed by atoms with Crippen LogP contribution in [-0.4, -0.2) is 29.4 Å². The number of alkyl halides is 3. The van der Waals surface area contributed by atoms with Crippen LogP contribution in [0.1, 0.15) is 19.3 Å². The molecule has 1 aliphatic heterocycles. The fraction of sp³-hybridized carbons (Fsp3) is 0.467. The average molecular weight is 309 g/mol. The van der Waals surface area contributed by atoms with Gasteiger partial charge in [-0.05, 0) is 31.0 Å². The Morgan fingerprint density at radius 2 is 1.91 bits per heavy atom. The molecule has 1 aromatic heterocycles. The molecule has 7 heteroatoms. The summed E-state index contributed by atoms with van der Waals surface area (Å²) in [6, 6.07) is 4.17. The second-order valence-corrected chi connectivity index (χ2v) is 6.13. The summed E-state index contributed by atoms with van der Waals surface area (Å²) in [4.78, 5) is 10.5. The van der Waals surface area contributed by atoms with E-state index in [1.807, 2.05) is 0 Å². The molecule has 116 valence electrons. The molecule has 1 spiro atoms. The smallest absolute Gasteiger partial charge is 0.406 e. The number of fused-ring (bicyclic) bond motifs is 1.